The second-order valence-electron chi connectivity index (χ2n) is 6.54. The van der Waals surface area contributed by atoms with E-state index in [1.165, 1.54) is 4.88 Å². The Morgan fingerprint density at radius 2 is 1.79 bits per heavy atom. The van der Waals surface area contributed by atoms with Crippen molar-refractivity contribution in [1.82, 2.24) is 9.97 Å². The maximum atomic E-state index is 6.38. The number of aryl methyl sites for hydroxylation is 2. The van der Waals surface area contributed by atoms with Crippen LogP contribution in [0, 0.1) is 13.8 Å². The molecule has 4 rings (SSSR count). The lowest BCUT2D eigenvalue weighted by Gasteiger charge is -2.12. The summed E-state index contributed by atoms with van der Waals surface area (Å²) in [6.45, 7) is 6.61. The first-order valence-electron chi connectivity index (χ1n) is 9.19. The highest BCUT2D eigenvalue weighted by Gasteiger charge is 2.18. The van der Waals surface area contributed by atoms with Crippen molar-refractivity contribution in [1.29, 1.82) is 0 Å². The number of nitrogens with zero attached hydrogens (tertiary/aromatic N) is 2. The number of halogens is 2. The van der Waals surface area contributed by atoms with Gasteiger partial charge in [0.2, 0.25) is 0 Å². The maximum absolute atomic E-state index is 6.38. The molecule has 4 aromatic rings. The van der Waals surface area contributed by atoms with E-state index in [1.54, 1.807) is 23.5 Å². The summed E-state index contributed by atoms with van der Waals surface area (Å²) >= 11 is 14.1. The number of benzene rings is 2. The Morgan fingerprint density at radius 3 is 2.48 bits per heavy atom. The van der Waals surface area contributed by atoms with Gasteiger partial charge in [-0.25, -0.2) is 9.97 Å². The Morgan fingerprint density at radius 1 is 1.03 bits per heavy atom. The normalized spacial score (nSPS) is 11.1. The van der Waals surface area contributed by atoms with E-state index in [0.29, 0.717) is 22.5 Å². The summed E-state index contributed by atoms with van der Waals surface area (Å²) in [5.41, 5.74) is 2.95. The molecule has 0 atom stereocenters. The topological polar surface area (TPSA) is 47.0 Å². The number of nitrogens with one attached hydrogen (secondary N) is 1. The molecule has 0 aliphatic carbocycles. The van der Waals surface area contributed by atoms with Gasteiger partial charge in [-0.2, -0.15) is 0 Å². The summed E-state index contributed by atoms with van der Waals surface area (Å²) in [6, 6.07) is 13.5. The number of ether oxygens (including phenoxy) is 1. The van der Waals surface area contributed by atoms with Crippen molar-refractivity contribution in [2.24, 2.45) is 0 Å². The number of anilines is 2. The van der Waals surface area contributed by atoms with Crippen LogP contribution >= 0.6 is 34.5 Å². The van der Waals surface area contributed by atoms with E-state index in [9.17, 15) is 0 Å². The number of hydrogen-bond donors (Lipinski definition) is 1. The molecule has 148 valence electrons. The molecule has 2 aromatic heterocycles. The van der Waals surface area contributed by atoms with Crippen LogP contribution < -0.4 is 10.1 Å². The minimum atomic E-state index is 0.538. The van der Waals surface area contributed by atoms with Gasteiger partial charge in [-0.05, 0) is 56.7 Å². The zero-order valence-electron chi connectivity index (χ0n) is 16.2. The molecule has 7 heteroatoms. The van der Waals surface area contributed by atoms with Gasteiger partial charge in [-0.3, -0.25) is 0 Å². The van der Waals surface area contributed by atoms with Gasteiger partial charge < -0.3 is 10.1 Å². The lowest BCUT2D eigenvalue weighted by molar-refractivity contribution is 0.340. The van der Waals surface area contributed by atoms with E-state index in [0.717, 1.165) is 38.6 Å². The SMILES string of the molecule is CCOc1ccc(-c2c(C)sc3nc(C)nc(Nc4ccc(Cl)cc4Cl)c23)cc1. The van der Waals surface area contributed by atoms with Gasteiger partial charge in [0.25, 0.3) is 0 Å². The summed E-state index contributed by atoms with van der Waals surface area (Å²) < 4.78 is 5.58. The first kappa shape index (κ1) is 20.0. The smallest absolute Gasteiger partial charge is 0.143 e. The molecule has 1 N–H and O–H groups in total. The van der Waals surface area contributed by atoms with Crippen molar-refractivity contribution in [3.63, 3.8) is 0 Å². The van der Waals surface area contributed by atoms with Crippen LogP contribution in [0.1, 0.15) is 17.6 Å². The van der Waals surface area contributed by atoms with E-state index >= 15 is 0 Å². The fourth-order valence-electron chi connectivity index (χ4n) is 3.26. The first-order valence-corrected chi connectivity index (χ1v) is 10.8. The number of hydrogen-bond acceptors (Lipinski definition) is 5. The van der Waals surface area contributed by atoms with Crippen molar-refractivity contribution in [3.05, 3.63) is 63.2 Å². The van der Waals surface area contributed by atoms with Gasteiger partial charge in [-0.1, -0.05) is 35.3 Å². The fourth-order valence-corrected chi connectivity index (χ4v) is 4.81. The second kappa shape index (κ2) is 8.19. The van der Waals surface area contributed by atoms with Gasteiger partial charge in [0.05, 0.1) is 22.7 Å². The lowest BCUT2D eigenvalue weighted by atomic mass is 10.0. The highest BCUT2D eigenvalue weighted by atomic mass is 35.5. The van der Waals surface area contributed by atoms with Gasteiger partial charge in [-0.15, -0.1) is 11.3 Å². The number of fused-ring (bicyclic) bond motifs is 1. The Hall–Kier alpha value is -2.34. The van der Waals surface area contributed by atoms with Gasteiger partial charge in [0.15, 0.2) is 0 Å². The fraction of sp³-hybridized carbons (Fsp3) is 0.182. The summed E-state index contributed by atoms with van der Waals surface area (Å²) in [5, 5.41) is 5.49. The molecule has 0 amide bonds. The minimum absolute atomic E-state index is 0.538. The van der Waals surface area contributed by atoms with Gasteiger partial charge >= 0.3 is 0 Å². The molecule has 0 radical (unpaired) electrons. The maximum Gasteiger partial charge on any atom is 0.143 e. The standard InChI is InChI=1S/C22H19Cl2N3OS/c1-4-28-16-8-5-14(6-9-16)19-12(2)29-22-20(19)21(25-13(3)26-22)27-18-10-7-15(23)11-17(18)24/h5-11H,4H2,1-3H3,(H,25,26,27). The minimum Gasteiger partial charge on any atom is -0.494 e. The van der Waals surface area contributed by atoms with E-state index in [2.05, 4.69) is 34.3 Å². The van der Waals surface area contributed by atoms with Crippen molar-refractivity contribution in [3.8, 4) is 16.9 Å². The predicted molar refractivity (Wildman–Crippen MR) is 123 cm³/mol. The molecule has 0 fully saturated rings. The molecule has 0 saturated heterocycles. The van der Waals surface area contributed by atoms with Crippen molar-refractivity contribution in [2.75, 3.05) is 11.9 Å². The average Bonchev–Trinajstić information content (AvgIpc) is 3.00. The number of thiophene rings is 1. The molecule has 2 aromatic carbocycles. The van der Waals surface area contributed by atoms with Crippen LogP contribution in [0.15, 0.2) is 42.5 Å². The molecule has 0 spiro atoms. The zero-order chi connectivity index (χ0) is 20.5. The molecular weight excluding hydrogens is 425 g/mol. The zero-order valence-corrected chi connectivity index (χ0v) is 18.5. The Bertz CT molecular complexity index is 1190. The van der Waals surface area contributed by atoms with Crippen molar-refractivity contribution < 1.29 is 4.74 Å². The van der Waals surface area contributed by atoms with Crippen LogP contribution in [0.4, 0.5) is 11.5 Å². The van der Waals surface area contributed by atoms with E-state index in [4.69, 9.17) is 27.9 Å². The molecule has 0 bridgehead atoms. The van der Waals surface area contributed by atoms with E-state index in [-0.39, 0.29) is 0 Å². The quantitative estimate of drug-likeness (QED) is 0.348. The summed E-state index contributed by atoms with van der Waals surface area (Å²) in [6.07, 6.45) is 0. The third-order valence-corrected chi connectivity index (χ3v) is 6.02. The molecule has 0 saturated carbocycles. The molecule has 0 aliphatic heterocycles. The molecule has 29 heavy (non-hydrogen) atoms. The molecule has 2 heterocycles. The monoisotopic (exact) mass is 443 g/mol. The van der Waals surface area contributed by atoms with Crippen LogP contribution in [-0.4, -0.2) is 16.6 Å². The summed E-state index contributed by atoms with van der Waals surface area (Å²) in [4.78, 5) is 11.4. The summed E-state index contributed by atoms with van der Waals surface area (Å²) in [5.74, 6) is 2.28. The summed E-state index contributed by atoms with van der Waals surface area (Å²) in [7, 11) is 0. The number of rotatable bonds is 5. The third-order valence-electron chi connectivity index (χ3n) is 4.48. The largest absolute Gasteiger partial charge is 0.494 e. The molecule has 4 nitrogen and oxygen atoms in total. The lowest BCUT2D eigenvalue weighted by Crippen LogP contribution is -1.99. The second-order valence-corrected chi connectivity index (χ2v) is 8.59. The number of aromatic nitrogens is 2. The average molecular weight is 444 g/mol. The third kappa shape index (κ3) is 4.04. The Labute approximate surface area is 183 Å². The van der Waals surface area contributed by atoms with Gasteiger partial charge in [0.1, 0.15) is 22.2 Å². The van der Waals surface area contributed by atoms with Crippen LogP contribution in [0.5, 0.6) is 5.75 Å². The van der Waals surface area contributed by atoms with Crippen LogP contribution in [-0.2, 0) is 0 Å². The Balaban J connectivity index is 1.86. The predicted octanol–water partition coefficient (Wildman–Crippen LogP) is 7.42. The highest BCUT2D eigenvalue weighted by molar-refractivity contribution is 7.19. The van der Waals surface area contributed by atoms with Crippen molar-refractivity contribution in [2.45, 2.75) is 20.8 Å². The van der Waals surface area contributed by atoms with E-state index in [1.807, 2.05) is 32.0 Å². The molecular formula is C22H19Cl2N3OS. The van der Waals surface area contributed by atoms with Crippen molar-refractivity contribution >= 4 is 56.3 Å². The van der Waals surface area contributed by atoms with Crippen LogP contribution in [0.25, 0.3) is 21.3 Å². The van der Waals surface area contributed by atoms with Crippen LogP contribution in [0.2, 0.25) is 10.0 Å². The first-order chi connectivity index (χ1) is 14.0. The highest BCUT2D eigenvalue weighted by Crippen LogP contribution is 2.42. The van der Waals surface area contributed by atoms with E-state index < -0.39 is 0 Å². The molecule has 0 unspecified atom stereocenters. The molecule has 0 aliphatic rings. The Kier molecular flexibility index (Phi) is 5.63. The van der Waals surface area contributed by atoms with Crippen LogP contribution in [0.3, 0.4) is 0 Å². The van der Waals surface area contributed by atoms with Gasteiger partial charge in [0, 0.05) is 15.5 Å².